The van der Waals surface area contributed by atoms with E-state index in [9.17, 15) is 13.2 Å². The number of benzene rings is 2. The van der Waals surface area contributed by atoms with Crippen LogP contribution in [0.1, 0.15) is 5.56 Å². The molecule has 4 rings (SSSR count). The zero-order chi connectivity index (χ0) is 18.1. The Morgan fingerprint density at radius 3 is 2.58 bits per heavy atom. The average molecular weight is 375 g/mol. The minimum Gasteiger partial charge on any atom is -0.492 e. The van der Waals surface area contributed by atoms with Gasteiger partial charge in [0.05, 0.1) is 10.8 Å². The lowest BCUT2D eigenvalue weighted by molar-refractivity contribution is -0.124. The second kappa shape index (κ2) is 6.53. The van der Waals surface area contributed by atoms with Crippen LogP contribution in [-0.4, -0.2) is 34.1 Å². The number of hydrogen-bond acceptors (Lipinski definition) is 6. The molecule has 0 saturated heterocycles. The van der Waals surface area contributed by atoms with Crippen LogP contribution in [0.15, 0.2) is 47.4 Å². The van der Waals surface area contributed by atoms with Crippen molar-refractivity contribution in [2.45, 2.75) is 11.3 Å². The molecule has 1 N–H and O–H groups in total. The van der Waals surface area contributed by atoms with E-state index in [1.54, 1.807) is 0 Å². The van der Waals surface area contributed by atoms with Crippen LogP contribution in [0, 0.1) is 5.92 Å². The first-order valence-electron chi connectivity index (χ1n) is 8.20. The topological polar surface area (TPSA) is 90.9 Å². The standard InChI is InChI=1S/C18H17NO6S/c20-18(13-9-12-3-1-2-4-15(12)25-11-13)19-26(21,22)14-5-6-16-17(10-14)24-8-7-23-16/h1-6,10,13H,7-9,11H2,(H,19,20)/t13-/m1/s1. The molecule has 0 aliphatic carbocycles. The zero-order valence-corrected chi connectivity index (χ0v) is 14.6. The third-order valence-corrected chi connectivity index (χ3v) is 5.65. The van der Waals surface area contributed by atoms with E-state index in [4.69, 9.17) is 14.2 Å². The molecule has 8 heteroatoms. The highest BCUT2D eigenvalue weighted by molar-refractivity contribution is 7.90. The van der Waals surface area contributed by atoms with Gasteiger partial charge in [-0.15, -0.1) is 0 Å². The predicted octanol–water partition coefficient (Wildman–Crippen LogP) is 1.51. The summed E-state index contributed by atoms with van der Waals surface area (Å²) in [5.74, 6) is 0.401. The van der Waals surface area contributed by atoms with Gasteiger partial charge in [0.2, 0.25) is 5.91 Å². The second-order valence-corrected chi connectivity index (χ2v) is 7.78. The molecule has 26 heavy (non-hydrogen) atoms. The molecule has 1 atom stereocenters. The van der Waals surface area contributed by atoms with E-state index in [1.807, 2.05) is 24.3 Å². The first kappa shape index (κ1) is 16.7. The van der Waals surface area contributed by atoms with E-state index >= 15 is 0 Å². The van der Waals surface area contributed by atoms with Crippen LogP contribution in [0.3, 0.4) is 0 Å². The number of fused-ring (bicyclic) bond motifs is 2. The lowest BCUT2D eigenvalue weighted by Crippen LogP contribution is -2.40. The number of carbonyl (C=O) groups excluding carboxylic acids is 1. The summed E-state index contributed by atoms with van der Waals surface area (Å²) >= 11 is 0. The van der Waals surface area contributed by atoms with Crippen molar-refractivity contribution in [2.75, 3.05) is 19.8 Å². The molecule has 136 valence electrons. The number of sulfonamides is 1. The predicted molar refractivity (Wildman–Crippen MR) is 91.9 cm³/mol. The lowest BCUT2D eigenvalue weighted by atomic mass is 9.96. The Kier molecular flexibility index (Phi) is 4.20. The van der Waals surface area contributed by atoms with Gasteiger partial charge in [-0.25, -0.2) is 13.1 Å². The normalized spacial score (nSPS) is 18.4. The number of hydrogen-bond donors (Lipinski definition) is 1. The van der Waals surface area contributed by atoms with Crippen LogP contribution in [0.5, 0.6) is 17.2 Å². The highest BCUT2D eigenvalue weighted by atomic mass is 32.2. The third-order valence-electron chi connectivity index (χ3n) is 4.31. The van der Waals surface area contributed by atoms with Crippen molar-refractivity contribution in [3.63, 3.8) is 0 Å². The van der Waals surface area contributed by atoms with Gasteiger partial charge in [0, 0.05) is 6.07 Å². The monoisotopic (exact) mass is 375 g/mol. The minimum atomic E-state index is -4.01. The summed E-state index contributed by atoms with van der Waals surface area (Å²) in [7, 11) is -4.01. The number of ether oxygens (including phenoxy) is 3. The van der Waals surface area contributed by atoms with Gasteiger partial charge in [-0.2, -0.15) is 0 Å². The molecule has 0 radical (unpaired) electrons. The summed E-state index contributed by atoms with van der Waals surface area (Å²) in [5.41, 5.74) is 0.885. The Morgan fingerprint density at radius 2 is 1.73 bits per heavy atom. The van der Waals surface area contributed by atoms with Gasteiger partial charge in [-0.05, 0) is 30.2 Å². The quantitative estimate of drug-likeness (QED) is 0.875. The van der Waals surface area contributed by atoms with Crippen molar-refractivity contribution in [1.82, 2.24) is 4.72 Å². The van der Waals surface area contributed by atoms with E-state index in [0.717, 1.165) is 11.3 Å². The maximum Gasteiger partial charge on any atom is 0.264 e. The van der Waals surface area contributed by atoms with E-state index in [1.165, 1.54) is 18.2 Å². The number of rotatable bonds is 3. The second-order valence-electron chi connectivity index (χ2n) is 6.09. The largest absolute Gasteiger partial charge is 0.492 e. The Balaban J connectivity index is 1.50. The number of nitrogens with one attached hydrogen (secondary N) is 1. The van der Waals surface area contributed by atoms with Crippen molar-refractivity contribution in [1.29, 1.82) is 0 Å². The molecular weight excluding hydrogens is 358 g/mol. The smallest absolute Gasteiger partial charge is 0.264 e. The van der Waals surface area contributed by atoms with Gasteiger partial charge in [-0.1, -0.05) is 18.2 Å². The molecule has 0 spiro atoms. The molecule has 2 aliphatic heterocycles. The fourth-order valence-corrected chi connectivity index (χ4v) is 4.02. The summed E-state index contributed by atoms with van der Waals surface area (Å²) in [4.78, 5) is 12.4. The summed E-state index contributed by atoms with van der Waals surface area (Å²) in [6, 6.07) is 11.7. The van der Waals surface area contributed by atoms with Crippen molar-refractivity contribution in [2.24, 2.45) is 5.92 Å². The molecule has 2 heterocycles. The Bertz CT molecular complexity index is 956. The fraction of sp³-hybridized carbons (Fsp3) is 0.278. The van der Waals surface area contributed by atoms with Crippen LogP contribution >= 0.6 is 0 Å². The molecule has 0 unspecified atom stereocenters. The van der Waals surface area contributed by atoms with Crippen molar-refractivity contribution in [3.05, 3.63) is 48.0 Å². The van der Waals surface area contributed by atoms with E-state index in [2.05, 4.69) is 4.72 Å². The number of amides is 1. The zero-order valence-electron chi connectivity index (χ0n) is 13.8. The molecule has 7 nitrogen and oxygen atoms in total. The maximum absolute atomic E-state index is 12.5. The molecule has 0 bridgehead atoms. The molecule has 0 saturated carbocycles. The highest BCUT2D eigenvalue weighted by Gasteiger charge is 2.29. The van der Waals surface area contributed by atoms with Crippen LogP contribution in [0.2, 0.25) is 0 Å². The average Bonchev–Trinajstić information content (AvgIpc) is 2.67. The molecule has 1 amide bonds. The van der Waals surface area contributed by atoms with Gasteiger partial charge in [0.25, 0.3) is 10.0 Å². The van der Waals surface area contributed by atoms with E-state index < -0.39 is 21.8 Å². The maximum atomic E-state index is 12.5. The molecule has 0 aromatic heterocycles. The van der Waals surface area contributed by atoms with Crippen molar-refractivity contribution in [3.8, 4) is 17.2 Å². The van der Waals surface area contributed by atoms with Gasteiger partial charge >= 0.3 is 0 Å². The summed E-state index contributed by atoms with van der Waals surface area (Å²) in [5, 5.41) is 0. The number of carbonyl (C=O) groups is 1. The van der Waals surface area contributed by atoms with Gasteiger partial charge in [-0.3, -0.25) is 4.79 Å². The highest BCUT2D eigenvalue weighted by Crippen LogP contribution is 2.32. The first-order valence-corrected chi connectivity index (χ1v) is 9.68. The molecule has 2 aromatic carbocycles. The van der Waals surface area contributed by atoms with Crippen molar-refractivity contribution >= 4 is 15.9 Å². The van der Waals surface area contributed by atoms with Crippen LogP contribution in [0.4, 0.5) is 0 Å². The SMILES string of the molecule is O=C(NS(=O)(=O)c1ccc2c(c1)OCCO2)[C@H]1COc2ccccc2C1. The van der Waals surface area contributed by atoms with E-state index in [-0.39, 0.29) is 11.5 Å². The minimum absolute atomic E-state index is 0.0489. The summed E-state index contributed by atoms with van der Waals surface area (Å²) in [6.07, 6.45) is 0.429. The fourth-order valence-electron chi connectivity index (χ4n) is 2.96. The molecule has 2 aliphatic rings. The Morgan fingerprint density at radius 1 is 0.962 bits per heavy atom. The number of para-hydroxylation sites is 1. The lowest BCUT2D eigenvalue weighted by Gasteiger charge is -2.24. The first-order chi connectivity index (χ1) is 12.5. The molecule has 0 fully saturated rings. The Labute approximate surface area is 150 Å². The van der Waals surface area contributed by atoms with Gasteiger partial charge in [0.1, 0.15) is 25.6 Å². The van der Waals surface area contributed by atoms with Gasteiger partial charge < -0.3 is 14.2 Å². The molecule has 2 aromatic rings. The Hall–Kier alpha value is -2.74. The van der Waals surface area contributed by atoms with Crippen LogP contribution in [0.25, 0.3) is 0 Å². The van der Waals surface area contributed by atoms with Crippen LogP contribution < -0.4 is 18.9 Å². The van der Waals surface area contributed by atoms with Crippen LogP contribution in [-0.2, 0) is 21.2 Å². The van der Waals surface area contributed by atoms with E-state index in [0.29, 0.717) is 31.1 Å². The van der Waals surface area contributed by atoms with Crippen molar-refractivity contribution < 1.29 is 27.4 Å². The summed E-state index contributed by atoms with van der Waals surface area (Å²) < 4.78 is 43.6. The molecular formula is C18H17NO6S. The third kappa shape index (κ3) is 3.20. The van der Waals surface area contributed by atoms with Gasteiger partial charge in [0.15, 0.2) is 11.5 Å². The summed E-state index contributed by atoms with van der Waals surface area (Å²) in [6.45, 7) is 0.903.